The molecule has 116 valence electrons. The SMILES string of the molecule is CCCC(C)(O)CNC(=O)C1(c2ccccc2)CCCC1. The van der Waals surface area contributed by atoms with Crippen molar-refractivity contribution in [3.05, 3.63) is 35.9 Å². The summed E-state index contributed by atoms with van der Waals surface area (Å²) in [6.45, 7) is 4.16. The van der Waals surface area contributed by atoms with Crippen LogP contribution in [0.5, 0.6) is 0 Å². The standard InChI is InChI=1S/C18H27NO2/c1-3-11-17(2,21)14-19-16(20)18(12-7-8-13-18)15-9-5-4-6-10-15/h4-6,9-10,21H,3,7-8,11-14H2,1-2H3,(H,19,20). The molecule has 2 rings (SSSR count). The number of nitrogens with one attached hydrogen (secondary N) is 1. The van der Waals surface area contributed by atoms with E-state index in [9.17, 15) is 9.90 Å². The zero-order chi connectivity index (χ0) is 15.3. The van der Waals surface area contributed by atoms with E-state index in [1.54, 1.807) is 6.92 Å². The molecule has 3 heteroatoms. The number of carbonyl (C=O) groups excluding carboxylic acids is 1. The number of hydrogen-bond donors (Lipinski definition) is 2. The van der Waals surface area contributed by atoms with Crippen LogP contribution in [0, 0.1) is 0 Å². The Hall–Kier alpha value is -1.35. The molecule has 0 bridgehead atoms. The Balaban J connectivity index is 2.11. The summed E-state index contributed by atoms with van der Waals surface area (Å²) in [7, 11) is 0. The van der Waals surface area contributed by atoms with Gasteiger partial charge in [-0.1, -0.05) is 56.5 Å². The highest BCUT2D eigenvalue weighted by atomic mass is 16.3. The van der Waals surface area contributed by atoms with E-state index < -0.39 is 11.0 Å². The highest BCUT2D eigenvalue weighted by Gasteiger charge is 2.42. The predicted molar refractivity (Wildman–Crippen MR) is 85.1 cm³/mol. The minimum Gasteiger partial charge on any atom is -0.388 e. The average Bonchev–Trinajstić information content (AvgIpc) is 2.96. The molecular weight excluding hydrogens is 262 g/mol. The lowest BCUT2D eigenvalue weighted by Crippen LogP contribution is -2.48. The first-order valence-corrected chi connectivity index (χ1v) is 8.06. The van der Waals surface area contributed by atoms with Crippen LogP contribution in [0.4, 0.5) is 0 Å². The summed E-state index contributed by atoms with van der Waals surface area (Å²) >= 11 is 0. The fourth-order valence-corrected chi connectivity index (χ4v) is 3.45. The third-order valence-electron chi connectivity index (χ3n) is 4.64. The normalized spacial score (nSPS) is 20.0. The second-order valence-electron chi connectivity index (χ2n) is 6.58. The van der Waals surface area contributed by atoms with Gasteiger partial charge in [-0.2, -0.15) is 0 Å². The molecule has 0 aromatic heterocycles. The molecule has 1 aliphatic rings. The van der Waals surface area contributed by atoms with E-state index in [1.165, 1.54) is 0 Å². The molecule has 0 spiro atoms. The Bertz CT molecular complexity index is 461. The van der Waals surface area contributed by atoms with Crippen molar-refractivity contribution >= 4 is 5.91 Å². The molecule has 1 aliphatic carbocycles. The Kier molecular flexibility index (Phi) is 5.04. The molecular formula is C18H27NO2. The highest BCUT2D eigenvalue weighted by Crippen LogP contribution is 2.41. The molecule has 21 heavy (non-hydrogen) atoms. The molecule has 1 aromatic carbocycles. The summed E-state index contributed by atoms with van der Waals surface area (Å²) in [5.41, 5.74) is -0.111. The maximum absolute atomic E-state index is 12.8. The van der Waals surface area contributed by atoms with Crippen LogP contribution < -0.4 is 5.32 Å². The van der Waals surface area contributed by atoms with Gasteiger partial charge in [-0.25, -0.2) is 0 Å². The molecule has 1 fully saturated rings. The fraction of sp³-hybridized carbons (Fsp3) is 0.611. The predicted octanol–water partition coefficient (Wildman–Crippen LogP) is 3.17. The number of rotatable bonds is 6. The molecule has 1 saturated carbocycles. The third-order valence-corrected chi connectivity index (χ3v) is 4.64. The van der Waals surface area contributed by atoms with Gasteiger partial charge in [0.15, 0.2) is 0 Å². The average molecular weight is 289 g/mol. The van der Waals surface area contributed by atoms with Gasteiger partial charge in [-0.3, -0.25) is 4.79 Å². The van der Waals surface area contributed by atoms with E-state index >= 15 is 0 Å². The van der Waals surface area contributed by atoms with Gasteiger partial charge in [0.2, 0.25) is 5.91 Å². The van der Waals surface area contributed by atoms with E-state index in [4.69, 9.17) is 0 Å². The maximum atomic E-state index is 12.8. The molecule has 0 saturated heterocycles. The summed E-state index contributed by atoms with van der Waals surface area (Å²) in [5, 5.41) is 13.2. The van der Waals surface area contributed by atoms with Crippen LogP contribution in [0.2, 0.25) is 0 Å². The first-order chi connectivity index (χ1) is 10.0. The van der Waals surface area contributed by atoms with Crippen LogP contribution in [-0.2, 0) is 10.2 Å². The molecule has 1 unspecified atom stereocenters. The van der Waals surface area contributed by atoms with E-state index in [0.29, 0.717) is 13.0 Å². The molecule has 3 nitrogen and oxygen atoms in total. The molecule has 0 aliphatic heterocycles. The second kappa shape index (κ2) is 6.61. The van der Waals surface area contributed by atoms with Crippen LogP contribution in [0.25, 0.3) is 0 Å². The quantitative estimate of drug-likeness (QED) is 0.845. The summed E-state index contributed by atoms with van der Waals surface area (Å²) in [6, 6.07) is 10.1. The van der Waals surface area contributed by atoms with Crippen LogP contribution in [0.15, 0.2) is 30.3 Å². The lowest BCUT2D eigenvalue weighted by atomic mass is 9.78. The van der Waals surface area contributed by atoms with Crippen LogP contribution in [0.1, 0.15) is 57.9 Å². The van der Waals surface area contributed by atoms with Crippen molar-refractivity contribution < 1.29 is 9.90 Å². The summed E-state index contributed by atoms with van der Waals surface area (Å²) < 4.78 is 0. The number of benzene rings is 1. The summed E-state index contributed by atoms with van der Waals surface area (Å²) in [5.74, 6) is 0.0718. The van der Waals surface area contributed by atoms with Crippen LogP contribution >= 0.6 is 0 Å². The number of carbonyl (C=O) groups is 1. The van der Waals surface area contributed by atoms with Crippen molar-refractivity contribution in [1.82, 2.24) is 5.32 Å². The Labute approximate surface area is 127 Å². The minimum absolute atomic E-state index is 0.0718. The maximum Gasteiger partial charge on any atom is 0.230 e. The zero-order valence-corrected chi connectivity index (χ0v) is 13.2. The largest absolute Gasteiger partial charge is 0.388 e. The first-order valence-electron chi connectivity index (χ1n) is 8.06. The van der Waals surface area contributed by atoms with Crippen LogP contribution in [-0.4, -0.2) is 23.2 Å². The topological polar surface area (TPSA) is 49.3 Å². The van der Waals surface area contributed by atoms with Gasteiger partial charge in [0.05, 0.1) is 11.0 Å². The van der Waals surface area contributed by atoms with Crippen molar-refractivity contribution in [2.24, 2.45) is 0 Å². The number of hydrogen-bond acceptors (Lipinski definition) is 2. The smallest absolute Gasteiger partial charge is 0.230 e. The monoisotopic (exact) mass is 289 g/mol. The van der Waals surface area contributed by atoms with Crippen molar-refractivity contribution in [2.75, 3.05) is 6.54 Å². The first kappa shape index (κ1) is 16.0. The summed E-state index contributed by atoms with van der Waals surface area (Å²) in [6.07, 6.45) is 5.59. The van der Waals surface area contributed by atoms with Gasteiger partial charge in [-0.05, 0) is 31.7 Å². The molecule has 1 amide bonds. The van der Waals surface area contributed by atoms with Gasteiger partial charge in [0.25, 0.3) is 0 Å². The van der Waals surface area contributed by atoms with Crippen molar-refractivity contribution in [2.45, 2.75) is 63.4 Å². The second-order valence-corrected chi connectivity index (χ2v) is 6.58. The number of amides is 1. The Morgan fingerprint density at radius 1 is 1.29 bits per heavy atom. The van der Waals surface area contributed by atoms with E-state index in [0.717, 1.165) is 37.7 Å². The van der Waals surface area contributed by atoms with E-state index in [-0.39, 0.29) is 5.91 Å². The zero-order valence-electron chi connectivity index (χ0n) is 13.2. The third kappa shape index (κ3) is 3.65. The van der Waals surface area contributed by atoms with Crippen molar-refractivity contribution in [3.63, 3.8) is 0 Å². The molecule has 1 aromatic rings. The Morgan fingerprint density at radius 2 is 1.90 bits per heavy atom. The van der Waals surface area contributed by atoms with Gasteiger partial charge in [-0.15, -0.1) is 0 Å². The minimum atomic E-state index is -0.819. The van der Waals surface area contributed by atoms with Crippen molar-refractivity contribution in [3.8, 4) is 0 Å². The number of aliphatic hydroxyl groups is 1. The molecule has 1 atom stereocenters. The lowest BCUT2D eigenvalue weighted by Gasteiger charge is -2.31. The van der Waals surface area contributed by atoms with E-state index in [1.807, 2.05) is 25.1 Å². The van der Waals surface area contributed by atoms with Gasteiger partial charge in [0.1, 0.15) is 0 Å². The lowest BCUT2D eigenvalue weighted by molar-refractivity contribution is -0.127. The van der Waals surface area contributed by atoms with Gasteiger partial charge < -0.3 is 10.4 Å². The Morgan fingerprint density at radius 3 is 2.48 bits per heavy atom. The van der Waals surface area contributed by atoms with E-state index in [2.05, 4.69) is 17.4 Å². The van der Waals surface area contributed by atoms with Crippen molar-refractivity contribution in [1.29, 1.82) is 0 Å². The summed E-state index contributed by atoms with van der Waals surface area (Å²) in [4.78, 5) is 12.8. The van der Waals surface area contributed by atoms with Gasteiger partial charge >= 0.3 is 0 Å². The molecule has 0 radical (unpaired) electrons. The van der Waals surface area contributed by atoms with Gasteiger partial charge in [0, 0.05) is 6.54 Å². The highest BCUT2D eigenvalue weighted by molar-refractivity contribution is 5.88. The fourth-order valence-electron chi connectivity index (χ4n) is 3.45. The molecule has 2 N–H and O–H groups in total. The molecule has 0 heterocycles. The van der Waals surface area contributed by atoms with Crippen LogP contribution in [0.3, 0.4) is 0 Å².